The quantitative estimate of drug-likeness (QED) is 0.717. The van der Waals surface area contributed by atoms with Crippen LogP contribution in [0.15, 0.2) is 47.6 Å². The molecule has 3 heteroatoms. The summed E-state index contributed by atoms with van der Waals surface area (Å²) in [6.45, 7) is 11.3. The molecular formula is C20H25ClO2. The normalized spacial score (nSPS) is 18.4. The van der Waals surface area contributed by atoms with Crippen LogP contribution >= 0.6 is 11.6 Å². The van der Waals surface area contributed by atoms with Gasteiger partial charge in [0.15, 0.2) is 0 Å². The van der Waals surface area contributed by atoms with Crippen molar-refractivity contribution < 1.29 is 9.84 Å². The van der Waals surface area contributed by atoms with Gasteiger partial charge in [0.25, 0.3) is 0 Å². The lowest BCUT2D eigenvalue weighted by molar-refractivity contribution is 0.116. The number of aromatic hydroxyl groups is 1. The van der Waals surface area contributed by atoms with Gasteiger partial charge in [0.2, 0.25) is 0 Å². The molecule has 0 saturated carbocycles. The number of phenolic OH excluding ortho intramolecular Hbond substituents is 1. The Bertz CT molecular complexity index is 641. The molecule has 0 aromatic heterocycles. The summed E-state index contributed by atoms with van der Waals surface area (Å²) in [6, 6.07) is 5.05. The molecule has 0 bridgehead atoms. The summed E-state index contributed by atoms with van der Waals surface area (Å²) in [5.41, 5.74) is 4.60. The van der Waals surface area contributed by atoms with E-state index >= 15 is 0 Å². The fourth-order valence-electron chi connectivity index (χ4n) is 2.71. The number of allylic oxidation sites excluding steroid dienone is 1. The molecule has 1 aromatic rings. The third kappa shape index (κ3) is 4.73. The molecule has 1 atom stereocenters. The summed E-state index contributed by atoms with van der Waals surface area (Å²) in [5, 5.41) is 9.97. The number of rotatable bonds is 6. The molecule has 0 spiro atoms. The first-order valence-electron chi connectivity index (χ1n) is 8.05. The van der Waals surface area contributed by atoms with E-state index in [9.17, 15) is 5.11 Å². The van der Waals surface area contributed by atoms with Gasteiger partial charge in [-0.05, 0) is 60.6 Å². The molecule has 1 heterocycles. The van der Waals surface area contributed by atoms with E-state index in [0.29, 0.717) is 17.5 Å². The molecule has 124 valence electrons. The van der Waals surface area contributed by atoms with Gasteiger partial charge in [0.05, 0.1) is 17.7 Å². The molecule has 0 fully saturated rings. The van der Waals surface area contributed by atoms with Crippen molar-refractivity contribution in [3.05, 3.63) is 58.2 Å². The van der Waals surface area contributed by atoms with Gasteiger partial charge in [-0.2, -0.15) is 0 Å². The Hall–Kier alpha value is -1.51. The van der Waals surface area contributed by atoms with Gasteiger partial charge in [-0.1, -0.05) is 49.8 Å². The molecule has 23 heavy (non-hydrogen) atoms. The minimum absolute atomic E-state index is 0.142. The monoisotopic (exact) mass is 332 g/mol. The maximum Gasteiger partial charge on any atom is 0.117 e. The molecule has 2 rings (SSSR count). The van der Waals surface area contributed by atoms with Crippen LogP contribution in [0, 0.1) is 5.92 Å². The number of hydrogen-bond acceptors (Lipinski definition) is 2. The molecule has 1 unspecified atom stereocenters. The van der Waals surface area contributed by atoms with E-state index in [-0.39, 0.29) is 11.9 Å². The molecule has 1 aliphatic heterocycles. The van der Waals surface area contributed by atoms with Gasteiger partial charge in [0, 0.05) is 0 Å². The minimum atomic E-state index is 0.142. The SMILES string of the molecule is C=C(C1=CCOC1CC/C(C)=C/c1ccc(O)cc1Cl)C(C)C. The molecule has 0 saturated heterocycles. The van der Waals surface area contributed by atoms with E-state index < -0.39 is 0 Å². The Kier molecular flexibility index (Phi) is 6.09. The Balaban J connectivity index is 1.99. The first kappa shape index (κ1) is 17.8. The minimum Gasteiger partial charge on any atom is -0.508 e. The molecule has 2 nitrogen and oxygen atoms in total. The van der Waals surface area contributed by atoms with E-state index in [1.54, 1.807) is 12.1 Å². The first-order valence-corrected chi connectivity index (χ1v) is 8.42. The van der Waals surface area contributed by atoms with Crippen LogP contribution < -0.4 is 0 Å². The van der Waals surface area contributed by atoms with Crippen LogP contribution in [0.2, 0.25) is 5.02 Å². The van der Waals surface area contributed by atoms with E-state index in [1.165, 1.54) is 16.7 Å². The van der Waals surface area contributed by atoms with Crippen LogP contribution in [0.25, 0.3) is 6.08 Å². The maximum atomic E-state index is 9.41. The average molecular weight is 333 g/mol. The van der Waals surface area contributed by atoms with Crippen molar-refractivity contribution in [1.82, 2.24) is 0 Å². The van der Waals surface area contributed by atoms with Crippen molar-refractivity contribution in [2.24, 2.45) is 5.92 Å². The molecule has 1 N–H and O–H groups in total. The van der Waals surface area contributed by atoms with Crippen LogP contribution in [0.1, 0.15) is 39.2 Å². The molecular weight excluding hydrogens is 308 g/mol. The van der Waals surface area contributed by atoms with Crippen LogP contribution in [0.4, 0.5) is 0 Å². The number of ether oxygens (including phenoxy) is 1. The zero-order valence-electron chi connectivity index (χ0n) is 14.1. The predicted octanol–water partition coefficient (Wildman–Crippen LogP) is 5.77. The van der Waals surface area contributed by atoms with Crippen LogP contribution in [-0.4, -0.2) is 17.8 Å². The van der Waals surface area contributed by atoms with E-state index in [0.717, 1.165) is 18.4 Å². The summed E-state index contributed by atoms with van der Waals surface area (Å²) in [4.78, 5) is 0. The third-order valence-electron chi connectivity index (χ3n) is 4.20. The number of benzene rings is 1. The highest BCUT2D eigenvalue weighted by Gasteiger charge is 2.23. The Morgan fingerprint density at radius 3 is 2.87 bits per heavy atom. The molecule has 0 amide bonds. The highest BCUT2D eigenvalue weighted by atomic mass is 35.5. The van der Waals surface area contributed by atoms with Gasteiger partial charge in [0.1, 0.15) is 5.75 Å². The Morgan fingerprint density at radius 2 is 2.22 bits per heavy atom. The van der Waals surface area contributed by atoms with E-state index in [4.69, 9.17) is 16.3 Å². The number of phenols is 1. The third-order valence-corrected chi connectivity index (χ3v) is 4.53. The lowest BCUT2D eigenvalue weighted by atomic mass is 9.91. The van der Waals surface area contributed by atoms with Crippen molar-refractivity contribution in [3.8, 4) is 5.75 Å². The standard InChI is InChI=1S/C20H25ClO2/c1-13(2)15(4)18-9-10-23-20(18)8-5-14(3)11-16-6-7-17(22)12-19(16)21/h6-7,9,11-13,20,22H,4-5,8,10H2,1-3H3/b14-11+. The highest BCUT2D eigenvalue weighted by Crippen LogP contribution is 2.30. The highest BCUT2D eigenvalue weighted by molar-refractivity contribution is 6.32. The van der Waals surface area contributed by atoms with Gasteiger partial charge >= 0.3 is 0 Å². The lowest BCUT2D eigenvalue weighted by Crippen LogP contribution is -2.13. The van der Waals surface area contributed by atoms with Crippen molar-refractivity contribution in [1.29, 1.82) is 0 Å². The summed E-state index contributed by atoms with van der Waals surface area (Å²) < 4.78 is 5.84. The summed E-state index contributed by atoms with van der Waals surface area (Å²) in [6.07, 6.45) is 6.24. The van der Waals surface area contributed by atoms with Gasteiger partial charge in [-0.3, -0.25) is 0 Å². The zero-order valence-corrected chi connectivity index (χ0v) is 14.9. The fraction of sp³-hybridized carbons (Fsp3) is 0.400. The van der Waals surface area contributed by atoms with Gasteiger partial charge in [-0.15, -0.1) is 0 Å². The zero-order chi connectivity index (χ0) is 17.0. The Morgan fingerprint density at radius 1 is 1.48 bits per heavy atom. The summed E-state index contributed by atoms with van der Waals surface area (Å²) in [7, 11) is 0. The second-order valence-corrected chi connectivity index (χ2v) is 6.80. The van der Waals surface area contributed by atoms with Crippen LogP contribution in [-0.2, 0) is 4.74 Å². The average Bonchev–Trinajstić information content (AvgIpc) is 2.95. The van der Waals surface area contributed by atoms with Crippen molar-refractivity contribution in [2.45, 2.75) is 39.7 Å². The van der Waals surface area contributed by atoms with E-state index in [1.807, 2.05) is 6.07 Å². The molecule has 1 aromatic carbocycles. The largest absolute Gasteiger partial charge is 0.508 e. The van der Waals surface area contributed by atoms with Crippen molar-refractivity contribution in [2.75, 3.05) is 6.61 Å². The summed E-state index contributed by atoms with van der Waals surface area (Å²) in [5.74, 6) is 0.629. The predicted molar refractivity (Wildman–Crippen MR) is 97.8 cm³/mol. The van der Waals surface area contributed by atoms with Crippen molar-refractivity contribution in [3.63, 3.8) is 0 Å². The maximum absolute atomic E-state index is 9.41. The second kappa shape index (κ2) is 7.85. The number of hydrogen-bond donors (Lipinski definition) is 1. The molecule has 0 radical (unpaired) electrons. The summed E-state index contributed by atoms with van der Waals surface area (Å²) >= 11 is 6.15. The topological polar surface area (TPSA) is 29.5 Å². The molecule has 1 aliphatic rings. The Labute approximate surface area is 144 Å². The smallest absolute Gasteiger partial charge is 0.117 e. The first-order chi connectivity index (χ1) is 10.9. The van der Waals surface area contributed by atoms with Crippen molar-refractivity contribution >= 4 is 17.7 Å². The number of halogens is 1. The lowest BCUT2D eigenvalue weighted by Gasteiger charge is -2.19. The van der Waals surface area contributed by atoms with Gasteiger partial charge in [-0.25, -0.2) is 0 Å². The molecule has 0 aliphatic carbocycles. The van der Waals surface area contributed by atoms with Gasteiger partial charge < -0.3 is 9.84 Å². The van der Waals surface area contributed by atoms with E-state index in [2.05, 4.69) is 39.5 Å². The fourth-order valence-corrected chi connectivity index (χ4v) is 2.94. The van der Waals surface area contributed by atoms with Crippen LogP contribution in [0.5, 0.6) is 5.75 Å². The second-order valence-electron chi connectivity index (χ2n) is 6.40. The van der Waals surface area contributed by atoms with Crippen LogP contribution in [0.3, 0.4) is 0 Å².